The maximum Gasteiger partial charge on any atom is 0.333 e. The van der Waals surface area contributed by atoms with Gasteiger partial charge in [0.2, 0.25) is 0 Å². The number of nitrogens with one attached hydrogen (secondary N) is 1. The second-order valence-electron chi connectivity index (χ2n) is 3.53. The van der Waals surface area contributed by atoms with Crippen LogP contribution in [0, 0.1) is 0 Å². The van der Waals surface area contributed by atoms with Gasteiger partial charge in [0.05, 0.1) is 4.90 Å². The van der Waals surface area contributed by atoms with Crippen molar-refractivity contribution >= 4 is 27.6 Å². The molecule has 1 rings (SSSR count). The first kappa shape index (κ1) is 14.1. The number of benzene rings is 1. The number of carbonyl (C=O) groups excluding carboxylic acids is 1. The zero-order valence-corrected chi connectivity index (χ0v) is 10.1. The maximum atomic E-state index is 11.0. The molecule has 1 atom stereocenters. The molecule has 0 saturated heterocycles. The van der Waals surface area contributed by atoms with Gasteiger partial charge in [0.1, 0.15) is 0 Å². The average Bonchev–Trinajstić information content (AvgIpc) is 2.24. The van der Waals surface area contributed by atoms with Gasteiger partial charge < -0.3 is 10.4 Å². The fraction of sp³-hybridized carbons (Fsp3) is 0.200. The molecule has 18 heavy (non-hydrogen) atoms. The minimum absolute atomic E-state index is 0.255. The first-order chi connectivity index (χ1) is 8.21. The van der Waals surface area contributed by atoms with Gasteiger partial charge in [-0.25, -0.2) is 4.79 Å². The second-order valence-corrected chi connectivity index (χ2v) is 4.95. The minimum Gasteiger partial charge on any atom is -0.479 e. The van der Waals surface area contributed by atoms with Crippen LogP contribution in [0.5, 0.6) is 0 Å². The highest BCUT2D eigenvalue weighted by molar-refractivity contribution is 7.85. The topological polar surface area (TPSA) is 121 Å². The number of ketones is 1. The molecule has 0 radical (unpaired) electrons. The Morgan fingerprint density at radius 2 is 1.72 bits per heavy atom. The van der Waals surface area contributed by atoms with Gasteiger partial charge in [0.25, 0.3) is 10.1 Å². The summed E-state index contributed by atoms with van der Waals surface area (Å²) in [5.74, 6) is -1.91. The molecule has 0 saturated carbocycles. The van der Waals surface area contributed by atoms with Gasteiger partial charge in [-0.3, -0.25) is 9.35 Å². The molecule has 0 heterocycles. The Kier molecular flexibility index (Phi) is 4.04. The number of rotatable bonds is 5. The first-order valence-corrected chi connectivity index (χ1v) is 6.23. The molecule has 0 fully saturated rings. The third kappa shape index (κ3) is 3.54. The molecular weight excluding hydrogens is 262 g/mol. The van der Waals surface area contributed by atoms with Gasteiger partial charge in [0.15, 0.2) is 11.8 Å². The smallest absolute Gasteiger partial charge is 0.333 e. The molecule has 98 valence electrons. The van der Waals surface area contributed by atoms with E-state index < -0.39 is 27.9 Å². The fourth-order valence-corrected chi connectivity index (χ4v) is 1.71. The van der Waals surface area contributed by atoms with E-state index in [0.29, 0.717) is 0 Å². The van der Waals surface area contributed by atoms with Crippen LogP contribution in [-0.4, -0.2) is 35.9 Å². The van der Waals surface area contributed by atoms with Crippen LogP contribution in [0.1, 0.15) is 6.92 Å². The fourth-order valence-electron chi connectivity index (χ4n) is 1.23. The van der Waals surface area contributed by atoms with Crippen molar-refractivity contribution in [3.63, 3.8) is 0 Å². The van der Waals surface area contributed by atoms with Crippen molar-refractivity contribution in [2.45, 2.75) is 17.9 Å². The summed E-state index contributed by atoms with van der Waals surface area (Å²) in [4.78, 5) is 21.5. The van der Waals surface area contributed by atoms with Gasteiger partial charge in [-0.1, -0.05) is 0 Å². The molecule has 1 unspecified atom stereocenters. The molecule has 0 aliphatic heterocycles. The number of anilines is 1. The lowest BCUT2D eigenvalue weighted by Gasteiger charge is -2.12. The zero-order valence-electron chi connectivity index (χ0n) is 9.32. The molecule has 1 aromatic rings. The molecule has 0 amide bonds. The van der Waals surface area contributed by atoms with Crippen LogP contribution in [0.2, 0.25) is 0 Å². The van der Waals surface area contributed by atoms with Crippen LogP contribution in [0.3, 0.4) is 0 Å². The van der Waals surface area contributed by atoms with Crippen LogP contribution in [0.25, 0.3) is 0 Å². The average molecular weight is 273 g/mol. The van der Waals surface area contributed by atoms with E-state index in [2.05, 4.69) is 5.32 Å². The lowest BCUT2D eigenvalue weighted by molar-refractivity contribution is -0.140. The molecule has 0 aliphatic rings. The van der Waals surface area contributed by atoms with Gasteiger partial charge in [0, 0.05) is 5.69 Å². The number of carboxylic acids is 1. The van der Waals surface area contributed by atoms with E-state index in [0.717, 1.165) is 19.1 Å². The van der Waals surface area contributed by atoms with E-state index in [9.17, 15) is 18.0 Å². The molecule has 3 N–H and O–H groups in total. The molecule has 1 aromatic carbocycles. The Balaban J connectivity index is 2.93. The Labute approximate surface area is 103 Å². The summed E-state index contributed by atoms with van der Waals surface area (Å²) < 4.78 is 30.3. The third-order valence-corrected chi connectivity index (χ3v) is 2.98. The largest absolute Gasteiger partial charge is 0.479 e. The van der Waals surface area contributed by atoms with Crippen molar-refractivity contribution in [1.82, 2.24) is 0 Å². The quantitative estimate of drug-likeness (QED) is 0.524. The summed E-state index contributed by atoms with van der Waals surface area (Å²) in [6.45, 7) is 1.12. The predicted molar refractivity (Wildman–Crippen MR) is 62.0 cm³/mol. The van der Waals surface area contributed by atoms with Crippen LogP contribution in [-0.2, 0) is 19.7 Å². The molecule has 7 nitrogen and oxygen atoms in total. The van der Waals surface area contributed by atoms with Crippen molar-refractivity contribution < 1.29 is 27.7 Å². The standard InChI is InChI=1S/C10H11NO6S/c1-6(12)9(10(13)14)11-7-2-4-8(5-3-7)18(15,16)17/h2-5,9,11H,1H3,(H,13,14)(H,15,16,17). The Bertz CT molecular complexity index is 549. The maximum absolute atomic E-state index is 11.0. The number of carbonyl (C=O) groups is 2. The lowest BCUT2D eigenvalue weighted by atomic mass is 10.2. The number of aliphatic carboxylic acids is 1. The molecule has 0 bridgehead atoms. The van der Waals surface area contributed by atoms with Crippen molar-refractivity contribution in [1.29, 1.82) is 0 Å². The van der Waals surface area contributed by atoms with E-state index >= 15 is 0 Å². The Morgan fingerprint density at radius 1 is 1.22 bits per heavy atom. The second kappa shape index (κ2) is 5.15. The monoisotopic (exact) mass is 273 g/mol. The molecule has 0 aliphatic carbocycles. The third-order valence-electron chi connectivity index (χ3n) is 2.12. The van der Waals surface area contributed by atoms with E-state index in [1.54, 1.807) is 0 Å². The highest BCUT2D eigenvalue weighted by atomic mass is 32.2. The molecule has 8 heteroatoms. The van der Waals surface area contributed by atoms with Gasteiger partial charge in [-0.05, 0) is 31.2 Å². The summed E-state index contributed by atoms with van der Waals surface area (Å²) >= 11 is 0. The summed E-state index contributed by atoms with van der Waals surface area (Å²) in [6.07, 6.45) is 0. The SMILES string of the molecule is CC(=O)C(Nc1ccc(S(=O)(=O)O)cc1)C(=O)O. The summed E-state index contributed by atoms with van der Waals surface area (Å²) in [5.41, 5.74) is 0.255. The Morgan fingerprint density at radius 3 is 2.06 bits per heavy atom. The van der Waals surface area contributed by atoms with Crippen LogP contribution < -0.4 is 5.32 Å². The molecule has 0 spiro atoms. The molecule has 0 aromatic heterocycles. The molecular formula is C10H11NO6S. The van der Waals surface area contributed by atoms with E-state index in [1.165, 1.54) is 12.1 Å². The highest BCUT2D eigenvalue weighted by Gasteiger charge is 2.22. The highest BCUT2D eigenvalue weighted by Crippen LogP contribution is 2.14. The number of hydrogen-bond donors (Lipinski definition) is 3. The van der Waals surface area contributed by atoms with Gasteiger partial charge in [-0.15, -0.1) is 0 Å². The normalized spacial score (nSPS) is 12.8. The van der Waals surface area contributed by atoms with Crippen molar-refractivity contribution in [2.24, 2.45) is 0 Å². The summed E-state index contributed by atoms with van der Waals surface area (Å²) in [5, 5.41) is 11.2. The van der Waals surface area contributed by atoms with Crippen LogP contribution in [0.4, 0.5) is 5.69 Å². The van der Waals surface area contributed by atoms with Gasteiger partial charge >= 0.3 is 5.97 Å². The minimum atomic E-state index is -4.29. The van der Waals surface area contributed by atoms with Crippen molar-refractivity contribution in [3.05, 3.63) is 24.3 Å². The Hall–Kier alpha value is -1.93. The number of Topliss-reactive ketones (excluding diaryl/α,β-unsaturated/α-hetero) is 1. The summed E-state index contributed by atoms with van der Waals surface area (Å²) in [7, 11) is -4.29. The van der Waals surface area contributed by atoms with Crippen LogP contribution in [0.15, 0.2) is 29.2 Å². The van der Waals surface area contributed by atoms with Gasteiger partial charge in [-0.2, -0.15) is 8.42 Å². The summed E-state index contributed by atoms with van der Waals surface area (Å²) in [6, 6.07) is 3.29. The number of carboxylic acid groups (broad SMARTS) is 1. The number of hydrogen-bond acceptors (Lipinski definition) is 5. The van der Waals surface area contributed by atoms with Crippen molar-refractivity contribution in [2.75, 3.05) is 5.32 Å². The first-order valence-electron chi connectivity index (χ1n) is 4.79. The predicted octanol–water partition coefficient (Wildman–Crippen LogP) is 0.387. The van der Waals surface area contributed by atoms with Crippen molar-refractivity contribution in [3.8, 4) is 0 Å². The lowest BCUT2D eigenvalue weighted by Crippen LogP contribution is -2.35. The van der Waals surface area contributed by atoms with E-state index in [1.807, 2.05) is 0 Å². The van der Waals surface area contributed by atoms with E-state index in [4.69, 9.17) is 9.66 Å². The van der Waals surface area contributed by atoms with Crippen LogP contribution >= 0.6 is 0 Å². The zero-order chi connectivity index (χ0) is 13.9. The van der Waals surface area contributed by atoms with E-state index in [-0.39, 0.29) is 10.6 Å².